The molecule has 1 aliphatic heterocycles. The Labute approximate surface area is 188 Å². The molecule has 1 atom stereocenters. The number of hydrogen-bond donors (Lipinski definition) is 0. The molecule has 5 nitrogen and oxygen atoms in total. The highest BCUT2D eigenvalue weighted by molar-refractivity contribution is 8.00. The van der Waals surface area contributed by atoms with Gasteiger partial charge < -0.3 is 4.74 Å². The maximum Gasteiger partial charge on any atom is 0.176 e. The number of nitrogens with zero attached hydrogens (tertiary/aromatic N) is 3. The number of benzene rings is 2. The van der Waals surface area contributed by atoms with Gasteiger partial charge in [-0.2, -0.15) is 0 Å². The second-order valence-corrected chi connectivity index (χ2v) is 9.56. The summed E-state index contributed by atoms with van der Waals surface area (Å²) in [5.41, 5.74) is 5.11. The van der Waals surface area contributed by atoms with Crippen LogP contribution in [0.25, 0.3) is 10.9 Å². The van der Waals surface area contributed by atoms with Crippen LogP contribution in [0.4, 0.5) is 0 Å². The third-order valence-corrected chi connectivity index (χ3v) is 6.95. The van der Waals surface area contributed by atoms with Gasteiger partial charge >= 0.3 is 0 Å². The smallest absolute Gasteiger partial charge is 0.176 e. The lowest BCUT2D eigenvalue weighted by Crippen LogP contribution is -2.36. The van der Waals surface area contributed by atoms with Crippen LogP contribution in [0.5, 0.6) is 0 Å². The van der Waals surface area contributed by atoms with Crippen molar-refractivity contribution in [3.05, 3.63) is 64.5 Å². The normalized spacial score (nSPS) is 15.9. The fraction of sp³-hybridized carbons (Fsp3) is 0.400. The van der Waals surface area contributed by atoms with Crippen molar-refractivity contribution in [2.45, 2.75) is 44.5 Å². The first-order chi connectivity index (χ1) is 14.9. The number of ether oxygens (including phenoxy) is 1. The maximum atomic E-state index is 13.3. The molecule has 0 N–H and O–H groups in total. The van der Waals surface area contributed by atoms with Gasteiger partial charge in [-0.05, 0) is 56.5 Å². The Balaban J connectivity index is 1.62. The Hall–Kier alpha value is -2.28. The fourth-order valence-electron chi connectivity index (χ4n) is 3.88. The lowest BCUT2D eigenvalue weighted by atomic mass is 9.97. The number of morpholine rings is 1. The van der Waals surface area contributed by atoms with Gasteiger partial charge in [0.1, 0.15) is 10.9 Å². The molecule has 162 valence electrons. The van der Waals surface area contributed by atoms with E-state index in [-0.39, 0.29) is 11.0 Å². The van der Waals surface area contributed by atoms with Crippen LogP contribution < -0.4 is 0 Å². The first-order valence-electron chi connectivity index (χ1n) is 10.8. The molecular weight excluding hydrogens is 406 g/mol. The molecule has 0 spiro atoms. The zero-order valence-electron chi connectivity index (χ0n) is 18.6. The first kappa shape index (κ1) is 21.9. The van der Waals surface area contributed by atoms with E-state index < -0.39 is 0 Å². The second kappa shape index (κ2) is 9.47. The molecule has 2 heterocycles. The summed E-state index contributed by atoms with van der Waals surface area (Å²) >= 11 is 1.53. The standard InChI is InChI=1S/C25H29N3O2S/c1-16-13-18(3)21(14-17(16)2)24(29)19(4)31-25-20-7-5-6-8-22(20)26-23(27-25)15-28-9-11-30-12-10-28/h5-8,13-14,19H,9-12,15H2,1-4H3. The molecule has 2 aromatic carbocycles. The molecule has 1 unspecified atom stereocenters. The molecular formula is C25H29N3O2S. The zero-order valence-corrected chi connectivity index (χ0v) is 19.5. The van der Waals surface area contributed by atoms with Gasteiger partial charge in [-0.1, -0.05) is 36.0 Å². The molecule has 0 saturated carbocycles. The van der Waals surface area contributed by atoms with Crippen LogP contribution in [-0.4, -0.2) is 52.2 Å². The molecule has 1 aliphatic rings. The van der Waals surface area contributed by atoms with E-state index in [2.05, 4.69) is 24.8 Å². The number of aromatic nitrogens is 2. The Morgan fingerprint density at radius 3 is 2.55 bits per heavy atom. The van der Waals surface area contributed by atoms with Crippen molar-refractivity contribution in [1.82, 2.24) is 14.9 Å². The zero-order chi connectivity index (χ0) is 22.0. The van der Waals surface area contributed by atoms with E-state index in [9.17, 15) is 4.79 Å². The number of fused-ring (bicyclic) bond motifs is 1. The highest BCUT2D eigenvalue weighted by Crippen LogP contribution is 2.31. The van der Waals surface area contributed by atoms with E-state index in [1.165, 1.54) is 17.3 Å². The summed E-state index contributed by atoms with van der Waals surface area (Å²) in [5, 5.41) is 1.63. The third-order valence-electron chi connectivity index (χ3n) is 5.85. The molecule has 0 aliphatic carbocycles. The van der Waals surface area contributed by atoms with Crippen molar-refractivity contribution >= 4 is 28.4 Å². The number of carbonyl (C=O) groups excluding carboxylic acids is 1. The molecule has 0 bridgehead atoms. The van der Waals surface area contributed by atoms with Crippen molar-refractivity contribution in [3.63, 3.8) is 0 Å². The number of carbonyl (C=O) groups is 1. The lowest BCUT2D eigenvalue weighted by molar-refractivity contribution is 0.0330. The van der Waals surface area contributed by atoms with E-state index in [4.69, 9.17) is 14.7 Å². The van der Waals surface area contributed by atoms with E-state index in [0.717, 1.165) is 64.7 Å². The molecule has 31 heavy (non-hydrogen) atoms. The van der Waals surface area contributed by atoms with Crippen LogP contribution in [-0.2, 0) is 11.3 Å². The summed E-state index contributed by atoms with van der Waals surface area (Å²) in [4.78, 5) is 25.3. The highest BCUT2D eigenvalue weighted by atomic mass is 32.2. The molecule has 4 rings (SSSR count). The van der Waals surface area contributed by atoms with Crippen molar-refractivity contribution < 1.29 is 9.53 Å². The minimum atomic E-state index is -0.240. The van der Waals surface area contributed by atoms with E-state index >= 15 is 0 Å². The van der Waals surface area contributed by atoms with Gasteiger partial charge in [0.15, 0.2) is 5.78 Å². The number of rotatable bonds is 6. The predicted octanol–water partition coefficient (Wildman–Crippen LogP) is 4.75. The number of ketones is 1. The maximum absolute atomic E-state index is 13.3. The third kappa shape index (κ3) is 4.97. The summed E-state index contributed by atoms with van der Waals surface area (Å²) in [5.74, 6) is 0.938. The molecule has 0 radical (unpaired) electrons. The van der Waals surface area contributed by atoms with Crippen LogP contribution >= 0.6 is 11.8 Å². The second-order valence-electron chi connectivity index (χ2n) is 8.23. The minimum Gasteiger partial charge on any atom is -0.379 e. The summed E-state index contributed by atoms with van der Waals surface area (Å²) in [7, 11) is 0. The van der Waals surface area contributed by atoms with E-state index in [1.807, 2.05) is 44.2 Å². The molecule has 0 amide bonds. The Kier molecular flexibility index (Phi) is 6.70. The monoisotopic (exact) mass is 435 g/mol. The van der Waals surface area contributed by atoms with Crippen molar-refractivity contribution in [3.8, 4) is 0 Å². The number of Topliss-reactive ketones (excluding diaryl/α,β-unsaturated/α-hetero) is 1. The average molecular weight is 436 g/mol. The van der Waals surface area contributed by atoms with Crippen molar-refractivity contribution in [2.24, 2.45) is 0 Å². The van der Waals surface area contributed by atoms with Gasteiger partial charge in [0.2, 0.25) is 0 Å². The van der Waals surface area contributed by atoms with Gasteiger partial charge in [0.25, 0.3) is 0 Å². The first-order valence-corrected chi connectivity index (χ1v) is 11.6. The quantitative estimate of drug-likeness (QED) is 0.316. The largest absolute Gasteiger partial charge is 0.379 e. The van der Waals surface area contributed by atoms with Crippen molar-refractivity contribution in [2.75, 3.05) is 26.3 Å². The van der Waals surface area contributed by atoms with Crippen LogP contribution in [0.2, 0.25) is 0 Å². The summed E-state index contributed by atoms with van der Waals surface area (Å²) in [6, 6.07) is 12.2. The number of para-hydroxylation sites is 1. The van der Waals surface area contributed by atoms with Crippen molar-refractivity contribution in [1.29, 1.82) is 0 Å². The number of aryl methyl sites for hydroxylation is 3. The average Bonchev–Trinajstić information content (AvgIpc) is 2.76. The van der Waals surface area contributed by atoms with Crippen LogP contribution in [0.3, 0.4) is 0 Å². The van der Waals surface area contributed by atoms with Crippen LogP contribution in [0, 0.1) is 20.8 Å². The topological polar surface area (TPSA) is 55.3 Å². The Morgan fingerprint density at radius 2 is 1.77 bits per heavy atom. The van der Waals surface area contributed by atoms with Gasteiger partial charge in [-0.15, -0.1) is 0 Å². The van der Waals surface area contributed by atoms with E-state index in [1.54, 1.807) is 0 Å². The van der Waals surface area contributed by atoms with Gasteiger partial charge in [-0.3, -0.25) is 9.69 Å². The molecule has 3 aromatic rings. The van der Waals surface area contributed by atoms with Gasteiger partial charge in [-0.25, -0.2) is 9.97 Å². The van der Waals surface area contributed by atoms with Crippen LogP contribution in [0.1, 0.15) is 39.8 Å². The Bertz CT molecular complexity index is 1110. The number of thioether (sulfide) groups is 1. The summed E-state index contributed by atoms with van der Waals surface area (Å²) in [6.07, 6.45) is 0. The molecule has 1 aromatic heterocycles. The molecule has 1 fully saturated rings. The Morgan fingerprint density at radius 1 is 1.06 bits per heavy atom. The van der Waals surface area contributed by atoms with Gasteiger partial charge in [0.05, 0.1) is 30.5 Å². The minimum absolute atomic E-state index is 0.142. The predicted molar refractivity (Wildman–Crippen MR) is 126 cm³/mol. The van der Waals surface area contributed by atoms with E-state index in [0.29, 0.717) is 6.54 Å². The fourth-order valence-corrected chi connectivity index (χ4v) is 4.91. The lowest BCUT2D eigenvalue weighted by Gasteiger charge is -2.26. The molecule has 6 heteroatoms. The summed E-state index contributed by atoms with van der Waals surface area (Å²) < 4.78 is 5.45. The summed E-state index contributed by atoms with van der Waals surface area (Å²) in [6.45, 7) is 12.1. The molecule has 1 saturated heterocycles. The SMILES string of the molecule is Cc1cc(C)c(C(=O)C(C)Sc2nc(CN3CCOCC3)nc3ccccc23)cc1C. The van der Waals surface area contributed by atoms with Gasteiger partial charge in [0, 0.05) is 24.0 Å². The van der Waals surface area contributed by atoms with Crippen LogP contribution in [0.15, 0.2) is 41.4 Å². The highest BCUT2D eigenvalue weighted by Gasteiger charge is 2.22. The number of hydrogen-bond acceptors (Lipinski definition) is 6.